The van der Waals surface area contributed by atoms with E-state index in [0.717, 1.165) is 32.0 Å². The molecule has 0 aromatic rings. The molecule has 0 amide bonds. The predicted octanol–water partition coefficient (Wildman–Crippen LogP) is 1.90. The Morgan fingerprint density at radius 2 is 1.95 bits per heavy atom. The van der Waals surface area contributed by atoms with Crippen LogP contribution in [0.1, 0.15) is 39.5 Å². The van der Waals surface area contributed by atoms with Crippen molar-refractivity contribution in [1.29, 1.82) is 0 Å². The zero-order valence-electron chi connectivity index (χ0n) is 12.3. The molecule has 0 saturated carbocycles. The number of likely N-dealkylation sites (tertiary alicyclic amines) is 2. The summed E-state index contributed by atoms with van der Waals surface area (Å²) in [6.07, 6.45) is 5.05. The van der Waals surface area contributed by atoms with Crippen LogP contribution < -0.4 is 0 Å². The van der Waals surface area contributed by atoms with Gasteiger partial charge in [0.1, 0.15) is 6.04 Å². The van der Waals surface area contributed by atoms with Gasteiger partial charge in [-0.25, -0.2) is 0 Å². The molecule has 2 aliphatic heterocycles. The minimum atomic E-state index is -0.688. The summed E-state index contributed by atoms with van der Waals surface area (Å²) in [5.74, 6) is 0.850. The maximum atomic E-state index is 11.1. The Kier molecular flexibility index (Phi) is 5.22. The third-order valence-electron chi connectivity index (χ3n) is 4.85. The first kappa shape index (κ1) is 14.8. The van der Waals surface area contributed by atoms with Crippen LogP contribution in [-0.2, 0) is 4.79 Å². The smallest absolute Gasteiger partial charge is 0.320 e. The first-order valence-corrected chi connectivity index (χ1v) is 7.75. The molecule has 0 spiro atoms. The van der Waals surface area contributed by atoms with Crippen molar-refractivity contribution >= 4 is 5.97 Å². The minimum absolute atomic E-state index is 0.329. The number of nitrogens with zero attached hydrogens (tertiary/aromatic N) is 2. The summed E-state index contributed by atoms with van der Waals surface area (Å²) in [7, 11) is 0. The number of aliphatic carboxylic acids is 1. The fourth-order valence-corrected chi connectivity index (χ4v) is 3.36. The Morgan fingerprint density at radius 1 is 1.26 bits per heavy atom. The van der Waals surface area contributed by atoms with Crippen LogP contribution >= 0.6 is 0 Å². The van der Waals surface area contributed by atoms with E-state index in [2.05, 4.69) is 16.7 Å². The van der Waals surface area contributed by atoms with Gasteiger partial charge in [-0.2, -0.15) is 0 Å². The molecule has 4 nitrogen and oxygen atoms in total. The number of hydrogen-bond donors (Lipinski definition) is 1. The third-order valence-corrected chi connectivity index (χ3v) is 4.85. The molecule has 0 aromatic heterocycles. The molecule has 19 heavy (non-hydrogen) atoms. The van der Waals surface area contributed by atoms with Crippen molar-refractivity contribution in [2.24, 2.45) is 11.8 Å². The fourth-order valence-electron chi connectivity index (χ4n) is 3.36. The summed E-state index contributed by atoms with van der Waals surface area (Å²) in [5.41, 5.74) is 0. The van der Waals surface area contributed by atoms with Crippen LogP contribution in [0.15, 0.2) is 0 Å². The second-order valence-electron chi connectivity index (χ2n) is 6.50. The minimum Gasteiger partial charge on any atom is -0.480 e. The zero-order chi connectivity index (χ0) is 13.8. The lowest BCUT2D eigenvalue weighted by atomic mass is 9.93. The number of rotatable bonds is 4. The highest BCUT2D eigenvalue weighted by Gasteiger charge is 2.28. The Bertz CT molecular complexity index is 301. The quantitative estimate of drug-likeness (QED) is 0.846. The van der Waals surface area contributed by atoms with Crippen LogP contribution in [0.5, 0.6) is 0 Å². The van der Waals surface area contributed by atoms with Gasteiger partial charge in [0.2, 0.25) is 0 Å². The Labute approximate surface area is 116 Å². The molecule has 110 valence electrons. The van der Waals surface area contributed by atoms with Crippen molar-refractivity contribution in [1.82, 2.24) is 9.80 Å². The van der Waals surface area contributed by atoms with E-state index in [-0.39, 0.29) is 6.04 Å². The van der Waals surface area contributed by atoms with Crippen LogP contribution in [0.3, 0.4) is 0 Å². The topological polar surface area (TPSA) is 43.8 Å². The van der Waals surface area contributed by atoms with Gasteiger partial charge in [-0.05, 0) is 64.1 Å². The molecule has 2 heterocycles. The Balaban J connectivity index is 1.79. The van der Waals surface area contributed by atoms with Gasteiger partial charge in [0.25, 0.3) is 0 Å². The zero-order valence-corrected chi connectivity index (χ0v) is 12.3. The van der Waals surface area contributed by atoms with Crippen molar-refractivity contribution in [3.63, 3.8) is 0 Å². The second kappa shape index (κ2) is 6.71. The first-order valence-electron chi connectivity index (χ1n) is 7.75. The molecule has 2 fully saturated rings. The molecular weight excluding hydrogens is 240 g/mol. The van der Waals surface area contributed by atoms with Gasteiger partial charge in [0.15, 0.2) is 0 Å². The highest BCUT2D eigenvalue weighted by atomic mass is 16.4. The van der Waals surface area contributed by atoms with Crippen molar-refractivity contribution < 1.29 is 9.90 Å². The van der Waals surface area contributed by atoms with E-state index >= 15 is 0 Å². The average molecular weight is 268 g/mol. The number of hydrogen-bond acceptors (Lipinski definition) is 3. The fraction of sp³-hybridized carbons (Fsp3) is 0.933. The van der Waals surface area contributed by atoms with E-state index in [0.29, 0.717) is 5.92 Å². The van der Waals surface area contributed by atoms with Crippen LogP contribution in [0.2, 0.25) is 0 Å². The molecule has 2 saturated heterocycles. The molecule has 1 N–H and O–H groups in total. The highest BCUT2D eigenvalue weighted by Crippen LogP contribution is 2.22. The molecule has 0 unspecified atom stereocenters. The summed E-state index contributed by atoms with van der Waals surface area (Å²) in [6, 6.07) is -0.329. The number of carbonyl (C=O) groups is 1. The van der Waals surface area contributed by atoms with E-state index in [1.165, 1.54) is 32.4 Å². The van der Waals surface area contributed by atoms with Gasteiger partial charge in [-0.15, -0.1) is 0 Å². The number of carboxylic acids is 1. The Hall–Kier alpha value is -0.610. The first-order chi connectivity index (χ1) is 9.06. The summed E-state index contributed by atoms with van der Waals surface area (Å²) >= 11 is 0. The lowest BCUT2D eigenvalue weighted by Gasteiger charge is -2.39. The Morgan fingerprint density at radius 3 is 2.58 bits per heavy atom. The van der Waals surface area contributed by atoms with Crippen molar-refractivity contribution in [2.75, 3.05) is 32.7 Å². The van der Waals surface area contributed by atoms with Crippen LogP contribution in [-0.4, -0.2) is 59.6 Å². The summed E-state index contributed by atoms with van der Waals surface area (Å²) in [4.78, 5) is 15.8. The van der Waals surface area contributed by atoms with Gasteiger partial charge >= 0.3 is 5.97 Å². The molecule has 4 heteroatoms. The summed E-state index contributed by atoms with van der Waals surface area (Å²) in [6.45, 7) is 9.68. The molecular formula is C15H28N2O2. The largest absolute Gasteiger partial charge is 0.480 e. The predicted molar refractivity (Wildman–Crippen MR) is 76.2 cm³/mol. The number of piperidine rings is 2. The lowest BCUT2D eigenvalue weighted by Crippen LogP contribution is -2.48. The summed E-state index contributed by atoms with van der Waals surface area (Å²) in [5, 5.41) is 9.12. The van der Waals surface area contributed by atoms with Gasteiger partial charge in [-0.3, -0.25) is 9.69 Å². The van der Waals surface area contributed by atoms with E-state index in [1.54, 1.807) is 0 Å². The standard InChI is InChI=1S/C15H28N2O2/c1-12-5-8-16(9-6-12)10-14-4-3-7-17(11-14)13(2)15(18)19/h12-14H,3-11H2,1-2H3,(H,18,19)/t13-,14+/m1/s1. The lowest BCUT2D eigenvalue weighted by molar-refractivity contribution is -0.143. The normalized spacial score (nSPS) is 29.3. The van der Waals surface area contributed by atoms with Crippen molar-refractivity contribution in [3.8, 4) is 0 Å². The molecule has 0 aliphatic carbocycles. The van der Waals surface area contributed by atoms with Gasteiger partial charge in [0.05, 0.1) is 0 Å². The van der Waals surface area contributed by atoms with Gasteiger partial charge < -0.3 is 10.0 Å². The van der Waals surface area contributed by atoms with E-state index in [9.17, 15) is 4.79 Å². The monoisotopic (exact) mass is 268 g/mol. The molecule has 2 atom stereocenters. The molecule has 2 rings (SSSR count). The second-order valence-corrected chi connectivity index (χ2v) is 6.50. The molecule has 0 aromatic carbocycles. The molecule has 0 bridgehead atoms. The maximum absolute atomic E-state index is 11.1. The van der Waals surface area contributed by atoms with Crippen LogP contribution in [0.25, 0.3) is 0 Å². The van der Waals surface area contributed by atoms with Crippen LogP contribution in [0, 0.1) is 11.8 Å². The SMILES string of the molecule is CC1CCN(C[C@@H]2CCCN([C@H](C)C(=O)O)C2)CC1. The average Bonchev–Trinajstić information content (AvgIpc) is 2.41. The molecule has 0 radical (unpaired) electrons. The number of carboxylic acid groups (broad SMARTS) is 1. The van der Waals surface area contributed by atoms with E-state index in [1.807, 2.05) is 6.92 Å². The molecule has 2 aliphatic rings. The van der Waals surface area contributed by atoms with E-state index in [4.69, 9.17) is 5.11 Å². The van der Waals surface area contributed by atoms with Gasteiger partial charge in [-0.1, -0.05) is 6.92 Å². The van der Waals surface area contributed by atoms with Crippen LogP contribution in [0.4, 0.5) is 0 Å². The third kappa shape index (κ3) is 4.18. The van der Waals surface area contributed by atoms with E-state index < -0.39 is 5.97 Å². The summed E-state index contributed by atoms with van der Waals surface area (Å²) < 4.78 is 0. The van der Waals surface area contributed by atoms with Crippen molar-refractivity contribution in [3.05, 3.63) is 0 Å². The maximum Gasteiger partial charge on any atom is 0.320 e. The highest BCUT2D eigenvalue weighted by molar-refractivity contribution is 5.72. The van der Waals surface area contributed by atoms with Gasteiger partial charge in [0, 0.05) is 13.1 Å². The van der Waals surface area contributed by atoms with Crippen molar-refractivity contribution in [2.45, 2.75) is 45.6 Å².